The van der Waals surface area contributed by atoms with Crippen molar-refractivity contribution in [2.24, 2.45) is 0 Å². The lowest BCUT2D eigenvalue weighted by Crippen LogP contribution is -2.08. The number of aliphatic carboxylic acids is 1. The molecule has 0 fully saturated rings. The van der Waals surface area contributed by atoms with Gasteiger partial charge in [-0.15, -0.1) is 0 Å². The quantitative estimate of drug-likeness (QED) is 0.382. The van der Waals surface area contributed by atoms with Crippen molar-refractivity contribution in [2.75, 3.05) is 6.61 Å². The molecule has 0 heterocycles. The van der Waals surface area contributed by atoms with Crippen molar-refractivity contribution in [1.82, 2.24) is 0 Å². The van der Waals surface area contributed by atoms with Crippen molar-refractivity contribution in [3.63, 3.8) is 0 Å². The summed E-state index contributed by atoms with van der Waals surface area (Å²) in [6.45, 7) is 5.82. The number of hydrogen-bond donors (Lipinski definition) is 1. The zero-order valence-corrected chi connectivity index (χ0v) is 9.12. The van der Waals surface area contributed by atoms with Gasteiger partial charge in [-0.3, -0.25) is 4.79 Å². The van der Waals surface area contributed by atoms with E-state index >= 15 is 0 Å². The zero-order valence-electron chi connectivity index (χ0n) is 9.12. The molecule has 1 N–H and O–H groups in total. The van der Waals surface area contributed by atoms with Gasteiger partial charge < -0.3 is 9.84 Å². The molecule has 0 atom stereocenters. The Balaban J connectivity index is 3.49. The van der Waals surface area contributed by atoms with Crippen LogP contribution in [0.15, 0.2) is 12.2 Å². The van der Waals surface area contributed by atoms with E-state index in [1.54, 1.807) is 0 Å². The molecule has 0 radical (unpaired) electrons. The van der Waals surface area contributed by atoms with Crippen molar-refractivity contribution in [2.45, 2.75) is 39.0 Å². The van der Waals surface area contributed by atoms with Gasteiger partial charge in [0.25, 0.3) is 0 Å². The van der Waals surface area contributed by atoms with Gasteiger partial charge in [-0.1, -0.05) is 26.3 Å². The lowest BCUT2D eigenvalue weighted by Gasteiger charge is -2.03. The van der Waals surface area contributed by atoms with Crippen molar-refractivity contribution < 1.29 is 19.4 Å². The van der Waals surface area contributed by atoms with Crippen LogP contribution in [-0.2, 0) is 14.3 Å². The number of carbonyl (C=O) groups excluding carboxylic acids is 1. The Labute approximate surface area is 89.9 Å². The van der Waals surface area contributed by atoms with E-state index in [4.69, 9.17) is 9.84 Å². The first-order chi connectivity index (χ1) is 7.07. The summed E-state index contributed by atoms with van der Waals surface area (Å²) in [6, 6.07) is 0. The molecule has 15 heavy (non-hydrogen) atoms. The van der Waals surface area contributed by atoms with Gasteiger partial charge >= 0.3 is 11.9 Å². The molecule has 0 aromatic rings. The van der Waals surface area contributed by atoms with Crippen LogP contribution >= 0.6 is 0 Å². The summed E-state index contributed by atoms with van der Waals surface area (Å²) in [7, 11) is 0. The van der Waals surface area contributed by atoms with E-state index in [1.165, 1.54) is 0 Å². The van der Waals surface area contributed by atoms with E-state index < -0.39 is 5.97 Å². The largest absolute Gasteiger partial charge is 0.478 e. The second-order valence-corrected chi connectivity index (χ2v) is 3.34. The molecule has 0 saturated heterocycles. The SMILES string of the molecule is C=C(CCC(=O)OCCCCC)C(=O)O. The van der Waals surface area contributed by atoms with Crippen LogP contribution in [0.3, 0.4) is 0 Å². The number of rotatable bonds is 8. The summed E-state index contributed by atoms with van der Waals surface area (Å²) in [5.41, 5.74) is 0.0421. The third-order valence-corrected chi connectivity index (χ3v) is 1.94. The molecule has 0 aliphatic carbocycles. The predicted molar refractivity (Wildman–Crippen MR) is 56.5 cm³/mol. The van der Waals surface area contributed by atoms with Crippen molar-refractivity contribution in [1.29, 1.82) is 0 Å². The van der Waals surface area contributed by atoms with Crippen LogP contribution < -0.4 is 0 Å². The molecule has 86 valence electrons. The lowest BCUT2D eigenvalue weighted by molar-refractivity contribution is -0.143. The molecule has 0 saturated carbocycles. The fraction of sp³-hybridized carbons (Fsp3) is 0.636. The Bertz CT molecular complexity index is 233. The number of carbonyl (C=O) groups is 2. The van der Waals surface area contributed by atoms with Gasteiger partial charge in [-0.05, 0) is 12.8 Å². The van der Waals surface area contributed by atoms with Crippen molar-refractivity contribution in [3.8, 4) is 0 Å². The molecule has 0 rings (SSSR count). The summed E-state index contributed by atoms with van der Waals surface area (Å²) in [5.74, 6) is -1.41. The van der Waals surface area contributed by atoms with Gasteiger partial charge in [0.1, 0.15) is 0 Å². The smallest absolute Gasteiger partial charge is 0.330 e. The molecule has 0 amide bonds. The molecule has 0 aromatic carbocycles. The number of carboxylic acid groups (broad SMARTS) is 1. The molecule has 0 aromatic heterocycles. The average Bonchev–Trinajstić information content (AvgIpc) is 2.20. The normalized spacial score (nSPS) is 9.67. The molecule has 0 unspecified atom stereocenters. The number of hydrogen-bond acceptors (Lipinski definition) is 3. The van der Waals surface area contributed by atoms with Gasteiger partial charge in [0.2, 0.25) is 0 Å². The van der Waals surface area contributed by atoms with E-state index in [9.17, 15) is 9.59 Å². The average molecular weight is 214 g/mol. The number of ether oxygens (including phenoxy) is 1. The van der Waals surface area contributed by atoms with Gasteiger partial charge in [0, 0.05) is 12.0 Å². The monoisotopic (exact) mass is 214 g/mol. The van der Waals surface area contributed by atoms with Crippen LogP contribution in [-0.4, -0.2) is 23.7 Å². The molecule has 4 heteroatoms. The van der Waals surface area contributed by atoms with Gasteiger partial charge in [0.15, 0.2) is 0 Å². The molecule has 0 aliphatic rings. The summed E-state index contributed by atoms with van der Waals surface area (Å²) in [4.78, 5) is 21.4. The highest BCUT2D eigenvalue weighted by atomic mass is 16.5. The predicted octanol–water partition coefficient (Wildman–Crippen LogP) is 2.14. The van der Waals surface area contributed by atoms with Crippen LogP contribution in [0.2, 0.25) is 0 Å². The second-order valence-electron chi connectivity index (χ2n) is 3.34. The van der Waals surface area contributed by atoms with Crippen LogP contribution in [0.5, 0.6) is 0 Å². The van der Waals surface area contributed by atoms with Gasteiger partial charge in [0.05, 0.1) is 6.61 Å². The van der Waals surface area contributed by atoms with E-state index in [0.717, 1.165) is 19.3 Å². The molecule has 0 bridgehead atoms. The Kier molecular flexibility index (Phi) is 7.32. The minimum absolute atomic E-state index is 0.0421. The third kappa shape index (κ3) is 7.73. The van der Waals surface area contributed by atoms with Crippen LogP contribution in [0.4, 0.5) is 0 Å². The molecule has 0 aliphatic heterocycles. The minimum Gasteiger partial charge on any atom is -0.478 e. The Morgan fingerprint density at radius 1 is 1.27 bits per heavy atom. The van der Waals surface area contributed by atoms with E-state index in [-0.39, 0.29) is 24.4 Å². The molecule has 4 nitrogen and oxygen atoms in total. The number of carboxylic acids is 1. The fourth-order valence-corrected chi connectivity index (χ4v) is 0.970. The first kappa shape index (κ1) is 13.7. The first-order valence-electron chi connectivity index (χ1n) is 5.14. The first-order valence-corrected chi connectivity index (χ1v) is 5.14. The Morgan fingerprint density at radius 2 is 1.93 bits per heavy atom. The van der Waals surface area contributed by atoms with E-state index in [2.05, 4.69) is 13.5 Å². The molecular weight excluding hydrogens is 196 g/mol. The minimum atomic E-state index is -1.06. The molecule has 0 spiro atoms. The third-order valence-electron chi connectivity index (χ3n) is 1.94. The van der Waals surface area contributed by atoms with E-state index in [1.807, 2.05) is 0 Å². The number of unbranched alkanes of at least 4 members (excludes halogenated alkanes) is 2. The Hall–Kier alpha value is -1.32. The van der Waals surface area contributed by atoms with Crippen LogP contribution in [0.1, 0.15) is 39.0 Å². The summed E-state index contributed by atoms with van der Waals surface area (Å²) < 4.78 is 4.90. The van der Waals surface area contributed by atoms with Crippen molar-refractivity contribution in [3.05, 3.63) is 12.2 Å². The highest BCUT2D eigenvalue weighted by Gasteiger charge is 2.08. The highest BCUT2D eigenvalue weighted by molar-refractivity contribution is 5.86. The number of esters is 1. The fourth-order valence-electron chi connectivity index (χ4n) is 0.970. The standard InChI is InChI=1S/C11H18O4/c1-3-4-5-8-15-10(12)7-6-9(2)11(13)14/h2-8H2,1H3,(H,13,14). The van der Waals surface area contributed by atoms with Crippen LogP contribution in [0.25, 0.3) is 0 Å². The maximum absolute atomic E-state index is 11.1. The topological polar surface area (TPSA) is 63.6 Å². The Morgan fingerprint density at radius 3 is 2.47 bits per heavy atom. The van der Waals surface area contributed by atoms with Crippen molar-refractivity contribution >= 4 is 11.9 Å². The lowest BCUT2D eigenvalue weighted by atomic mass is 10.2. The summed E-state index contributed by atoms with van der Waals surface area (Å²) in [6.07, 6.45) is 3.23. The van der Waals surface area contributed by atoms with E-state index in [0.29, 0.717) is 6.61 Å². The highest BCUT2D eigenvalue weighted by Crippen LogP contribution is 2.04. The van der Waals surface area contributed by atoms with Crippen LogP contribution in [0, 0.1) is 0 Å². The van der Waals surface area contributed by atoms with Gasteiger partial charge in [-0.25, -0.2) is 4.79 Å². The zero-order chi connectivity index (χ0) is 11.7. The summed E-state index contributed by atoms with van der Waals surface area (Å²) in [5, 5.41) is 8.49. The maximum Gasteiger partial charge on any atom is 0.330 e. The molecular formula is C11H18O4. The maximum atomic E-state index is 11.1. The second kappa shape index (κ2) is 8.03. The van der Waals surface area contributed by atoms with Gasteiger partial charge in [-0.2, -0.15) is 0 Å². The summed E-state index contributed by atoms with van der Waals surface area (Å²) >= 11 is 0.